The quantitative estimate of drug-likeness (QED) is 0.286. The predicted molar refractivity (Wildman–Crippen MR) is 93.1 cm³/mol. The van der Waals surface area contributed by atoms with Crippen LogP contribution in [0.15, 0.2) is 11.4 Å². The van der Waals surface area contributed by atoms with E-state index in [1.807, 2.05) is 0 Å². The van der Waals surface area contributed by atoms with Crippen molar-refractivity contribution in [1.82, 2.24) is 0 Å². The minimum absolute atomic E-state index is 0.341. The Labute approximate surface area is 144 Å². The maximum Gasteiger partial charge on any atom is 0.237 e. The molecule has 0 aliphatic carbocycles. The number of aromatic nitrogens is 1. The molecule has 134 valence electrons. The van der Waals surface area contributed by atoms with Gasteiger partial charge in [-0.05, 0) is 11.6 Å². The molecule has 2 heterocycles. The van der Waals surface area contributed by atoms with E-state index in [0.717, 1.165) is 17.5 Å². The minimum Gasteiger partial charge on any atom is -0.348 e. The fourth-order valence-corrected chi connectivity index (χ4v) is 3.10. The Bertz CT molecular complexity index is 549. The number of nitrogens with two attached hydrogens (primary N) is 1. The third-order valence-electron chi connectivity index (χ3n) is 4.61. The zero-order chi connectivity index (χ0) is 17.4. The lowest BCUT2D eigenvalue weighted by molar-refractivity contribution is -0.645. The maximum absolute atomic E-state index is 11.2. The van der Waals surface area contributed by atoms with Gasteiger partial charge in [-0.1, -0.05) is 56.5 Å². The summed E-state index contributed by atoms with van der Waals surface area (Å²) in [6.07, 6.45) is 11.3. The molecule has 0 aromatic carbocycles. The topological polar surface area (TPSA) is 77.8 Å². The molecule has 1 unspecified atom stereocenters. The first-order chi connectivity index (χ1) is 11.7. The summed E-state index contributed by atoms with van der Waals surface area (Å²) in [5.74, 6) is 5.83. The van der Waals surface area contributed by atoms with Crippen molar-refractivity contribution in [3.05, 3.63) is 27.9 Å². The van der Waals surface area contributed by atoms with Crippen molar-refractivity contribution in [2.24, 2.45) is 5.18 Å². The average molecular weight is 336 g/mol. The fourth-order valence-electron chi connectivity index (χ4n) is 3.10. The molecule has 1 aromatic rings. The normalized spacial score (nSPS) is 16.3. The van der Waals surface area contributed by atoms with Crippen molar-refractivity contribution in [1.29, 1.82) is 0 Å². The summed E-state index contributed by atoms with van der Waals surface area (Å²) >= 11 is 0. The van der Waals surface area contributed by atoms with Crippen LogP contribution in [-0.4, -0.2) is 6.61 Å². The Hall–Kier alpha value is -1.53. The SMILES string of the molecule is CCCCCCCCCCOC1OCc2c[n+](N)c(C)c(N=O)c21. The van der Waals surface area contributed by atoms with E-state index in [0.29, 0.717) is 24.6 Å². The first-order valence-electron chi connectivity index (χ1n) is 9.08. The average Bonchev–Trinajstić information content (AvgIpc) is 2.97. The van der Waals surface area contributed by atoms with E-state index in [4.69, 9.17) is 15.3 Å². The van der Waals surface area contributed by atoms with Crippen LogP contribution in [0.2, 0.25) is 0 Å². The molecule has 1 aliphatic heterocycles. The lowest BCUT2D eigenvalue weighted by atomic mass is 10.1. The number of fused-ring (bicyclic) bond motifs is 1. The van der Waals surface area contributed by atoms with Crippen LogP contribution in [-0.2, 0) is 16.1 Å². The molecule has 1 atom stereocenters. The van der Waals surface area contributed by atoms with E-state index in [1.54, 1.807) is 13.1 Å². The molecule has 1 aromatic heterocycles. The van der Waals surface area contributed by atoms with Crippen LogP contribution in [0.4, 0.5) is 5.69 Å². The van der Waals surface area contributed by atoms with Gasteiger partial charge in [0.1, 0.15) is 0 Å². The molecule has 0 amide bonds. The van der Waals surface area contributed by atoms with Gasteiger partial charge in [-0.3, -0.25) is 0 Å². The van der Waals surface area contributed by atoms with E-state index in [2.05, 4.69) is 12.1 Å². The molecular weight excluding hydrogens is 306 g/mol. The smallest absolute Gasteiger partial charge is 0.237 e. The highest BCUT2D eigenvalue weighted by molar-refractivity contribution is 5.52. The lowest BCUT2D eigenvalue weighted by Gasteiger charge is -2.13. The highest BCUT2D eigenvalue weighted by Gasteiger charge is 2.33. The number of unbranched alkanes of at least 4 members (excludes halogenated alkanes) is 7. The second-order valence-electron chi connectivity index (χ2n) is 6.49. The molecular formula is C18H30N3O3+. The van der Waals surface area contributed by atoms with Gasteiger partial charge < -0.3 is 9.47 Å². The maximum atomic E-state index is 11.2. The Morgan fingerprint density at radius 2 is 1.92 bits per heavy atom. The van der Waals surface area contributed by atoms with Gasteiger partial charge in [-0.2, -0.15) is 0 Å². The van der Waals surface area contributed by atoms with E-state index in [-0.39, 0.29) is 0 Å². The van der Waals surface area contributed by atoms with Crippen LogP contribution < -0.4 is 10.5 Å². The summed E-state index contributed by atoms with van der Waals surface area (Å²) in [5.41, 5.74) is 2.57. The molecule has 24 heavy (non-hydrogen) atoms. The minimum atomic E-state index is -0.503. The second-order valence-corrected chi connectivity index (χ2v) is 6.49. The summed E-state index contributed by atoms with van der Waals surface area (Å²) in [4.78, 5) is 11.2. The largest absolute Gasteiger partial charge is 0.348 e. The number of rotatable bonds is 11. The Kier molecular flexibility index (Phi) is 7.59. The van der Waals surface area contributed by atoms with Gasteiger partial charge in [-0.15, -0.1) is 4.91 Å². The van der Waals surface area contributed by atoms with E-state index in [1.165, 1.54) is 49.6 Å². The highest BCUT2D eigenvalue weighted by atomic mass is 16.7. The Balaban J connectivity index is 1.75. The van der Waals surface area contributed by atoms with Crippen molar-refractivity contribution in [2.75, 3.05) is 12.4 Å². The number of hydrogen-bond donors (Lipinski definition) is 1. The van der Waals surface area contributed by atoms with Crippen molar-refractivity contribution >= 4 is 5.69 Å². The molecule has 0 spiro atoms. The zero-order valence-electron chi connectivity index (χ0n) is 14.9. The second kappa shape index (κ2) is 9.69. The van der Waals surface area contributed by atoms with Crippen LogP contribution in [0.3, 0.4) is 0 Å². The molecule has 0 saturated carbocycles. The fraction of sp³-hybridized carbons (Fsp3) is 0.722. The summed E-state index contributed by atoms with van der Waals surface area (Å²) < 4.78 is 12.9. The van der Waals surface area contributed by atoms with Gasteiger partial charge >= 0.3 is 0 Å². The van der Waals surface area contributed by atoms with Gasteiger partial charge in [0, 0.05) is 6.92 Å². The van der Waals surface area contributed by atoms with Gasteiger partial charge in [0.2, 0.25) is 11.9 Å². The Morgan fingerprint density at radius 1 is 1.25 bits per heavy atom. The summed E-state index contributed by atoms with van der Waals surface area (Å²) in [6.45, 7) is 5.04. The van der Waals surface area contributed by atoms with Crippen LogP contribution in [0, 0.1) is 11.8 Å². The highest BCUT2D eigenvalue weighted by Crippen LogP contribution is 2.38. The summed E-state index contributed by atoms with van der Waals surface area (Å²) in [6, 6.07) is 0. The van der Waals surface area contributed by atoms with Gasteiger partial charge in [0.05, 0.1) is 24.3 Å². The molecule has 0 fully saturated rings. The number of nitrogen functional groups attached to an aromatic ring is 1. The predicted octanol–water partition coefficient (Wildman–Crippen LogP) is 4.08. The monoisotopic (exact) mass is 336 g/mol. The van der Waals surface area contributed by atoms with Crippen molar-refractivity contribution < 1.29 is 14.1 Å². The zero-order valence-corrected chi connectivity index (χ0v) is 14.9. The van der Waals surface area contributed by atoms with Crippen LogP contribution >= 0.6 is 0 Å². The number of nitroso groups, excluding NO2 is 1. The molecule has 0 saturated heterocycles. The molecule has 1 aliphatic rings. The third-order valence-corrected chi connectivity index (χ3v) is 4.61. The van der Waals surface area contributed by atoms with E-state index in [9.17, 15) is 4.91 Å². The first kappa shape index (κ1) is 18.8. The molecule has 2 rings (SSSR count). The Morgan fingerprint density at radius 3 is 2.58 bits per heavy atom. The van der Waals surface area contributed by atoms with Crippen molar-refractivity contribution in [3.63, 3.8) is 0 Å². The molecule has 6 heteroatoms. The molecule has 2 N–H and O–H groups in total. The third kappa shape index (κ3) is 4.74. The van der Waals surface area contributed by atoms with Crippen LogP contribution in [0.5, 0.6) is 0 Å². The van der Waals surface area contributed by atoms with Gasteiger partial charge in [0.15, 0.2) is 12.0 Å². The number of ether oxygens (including phenoxy) is 2. The summed E-state index contributed by atoms with van der Waals surface area (Å²) in [7, 11) is 0. The summed E-state index contributed by atoms with van der Waals surface area (Å²) in [5, 5.41) is 3.14. The van der Waals surface area contributed by atoms with Crippen LogP contribution in [0.25, 0.3) is 0 Å². The number of pyridine rings is 1. The number of hydrogen-bond acceptors (Lipinski definition) is 5. The van der Waals surface area contributed by atoms with Crippen LogP contribution in [0.1, 0.15) is 81.4 Å². The molecule has 6 nitrogen and oxygen atoms in total. The lowest BCUT2D eigenvalue weighted by Crippen LogP contribution is -2.47. The van der Waals surface area contributed by atoms with Gasteiger partial charge in [-0.25, -0.2) is 5.84 Å². The van der Waals surface area contributed by atoms with Crippen molar-refractivity contribution in [2.45, 2.75) is 78.1 Å². The standard InChI is InChI=1S/C18H30N3O3/c1-3-4-5-6-7-8-9-10-11-23-18-16-15(13-24-18)12-21(19)14(2)17(16)20-22/h12,18H,3-11,13,19H2,1-2H3/q+1. The molecule has 0 radical (unpaired) electrons. The van der Waals surface area contributed by atoms with E-state index >= 15 is 0 Å². The molecule has 0 bridgehead atoms. The van der Waals surface area contributed by atoms with E-state index < -0.39 is 6.29 Å². The van der Waals surface area contributed by atoms with Gasteiger partial charge in [0.25, 0.3) is 0 Å². The van der Waals surface area contributed by atoms with Crippen molar-refractivity contribution in [3.8, 4) is 0 Å². The first-order valence-corrected chi connectivity index (χ1v) is 9.08. The number of nitrogens with zero attached hydrogens (tertiary/aromatic N) is 2.